The van der Waals surface area contributed by atoms with Gasteiger partial charge in [0.05, 0.1) is 11.8 Å². The number of hydrogen-bond acceptors (Lipinski definition) is 4. The summed E-state index contributed by atoms with van der Waals surface area (Å²) >= 11 is 0. The Morgan fingerprint density at radius 2 is 2.19 bits per heavy atom. The summed E-state index contributed by atoms with van der Waals surface area (Å²) < 4.78 is 11.0. The van der Waals surface area contributed by atoms with E-state index < -0.39 is 0 Å². The fourth-order valence-corrected chi connectivity index (χ4v) is 2.90. The number of carbonyl (C=O) groups excluding carboxylic acids is 1. The molecule has 3 rings (SSSR count). The lowest BCUT2D eigenvalue weighted by molar-refractivity contribution is -0.130. The number of amides is 1. The van der Waals surface area contributed by atoms with Crippen LogP contribution in [0.5, 0.6) is 0 Å². The Morgan fingerprint density at radius 1 is 1.38 bits per heavy atom. The maximum atomic E-state index is 12.3. The predicted molar refractivity (Wildman–Crippen MR) is 78.0 cm³/mol. The van der Waals surface area contributed by atoms with E-state index in [1.807, 2.05) is 18.7 Å². The summed E-state index contributed by atoms with van der Waals surface area (Å²) in [5, 5.41) is 3.93. The SMILES string of the molecule is Cc1noc(C)c1CCC(=O)N1CCC(OCC2CC2)C1. The van der Waals surface area contributed by atoms with Gasteiger partial charge in [0.2, 0.25) is 5.91 Å². The third kappa shape index (κ3) is 3.64. The molecule has 5 nitrogen and oxygen atoms in total. The van der Waals surface area contributed by atoms with Gasteiger partial charge in [0.15, 0.2) is 0 Å². The molecule has 1 amide bonds. The van der Waals surface area contributed by atoms with Crippen LogP contribution in [0.4, 0.5) is 0 Å². The highest BCUT2D eigenvalue weighted by molar-refractivity contribution is 5.76. The summed E-state index contributed by atoms with van der Waals surface area (Å²) in [4.78, 5) is 14.2. The van der Waals surface area contributed by atoms with Crippen LogP contribution in [0.15, 0.2) is 4.52 Å². The van der Waals surface area contributed by atoms with Crippen molar-refractivity contribution in [2.45, 2.75) is 52.1 Å². The van der Waals surface area contributed by atoms with E-state index in [0.29, 0.717) is 12.8 Å². The van der Waals surface area contributed by atoms with E-state index in [-0.39, 0.29) is 12.0 Å². The zero-order chi connectivity index (χ0) is 14.8. The first-order valence-electron chi connectivity index (χ1n) is 7.94. The van der Waals surface area contributed by atoms with Crippen molar-refractivity contribution in [3.8, 4) is 0 Å². The molecule has 5 heteroatoms. The zero-order valence-corrected chi connectivity index (χ0v) is 12.9. The van der Waals surface area contributed by atoms with Crippen LogP contribution in [0.3, 0.4) is 0 Å². The van der Waals surface area contributed by atoms with E-state index in [9.17, 15) is 4.79 Å². The normalized spacial score (nSPS) is 22.0. The van der Waals surface area contributed by atoms with E-state index in [1.165, 1.54) is 12.8 Å². The molecule has 1 aromatic rings. The molecule has 1 atom stereocenters. The van der Waals surface area contributed by atoms with Gasteiger partial charge in [0, 0.05) is 31.7 Å². The lowest BCUT2D eigenvalue weighted by atomic mass is 10.1. The van der Waals surface area contributed by atoms with Crippen molar-refractivity contribution in [2.75, 3.05) is 19.7 Å². The molecule has 0 radical (unpaired) electrons. The quantitative estimate of drug-likeness (QED) is 0.807. The van der Waals surface area contributed by atoms with Gasteiger partial charge in [-0.1, -0.05) is 5.16 Å². The molecule has 2 aliphatic rings. The lowest BCUT2D eigenvalue weighted by Crippen LogP contribution is -2.30. The van der Waals surface area contributed by atoms with Crippen LogP contribution >= 0.6 is 0 Å². The fourth-order valence-electron chi connectivity index (χ4n) is 2.90. The van der Waals surface area contributed by atoms with Crippen LogP contribution in [0.25, 0.3) is 0 Å². The van der Waals surface area contributed by atoms with Gasteiger partial charge in [-0.2, -0.15) is 0 Å². The van der Waals surface area contributed by atoms with Gasteiger partial charge in [-0.25, -0.2) is 0 Å². The summed E-state index contributed by atoms with van der Waals surface area (Å²) in [5.41, 5.74) is 1.97. The highest BCUT2D eigenvalue weighted by atomic mass is 16.5. The summed E-state index contributed by atoms with van der Waals surface area (Å²) in [6.07, 6.45) is 5.08. The first-order valence-corrected chi connectivity index (χ1v) is 7.94. The molecule has 116 valence electrons. The molecule has 1 aliphatic carbocycles. The van der Waals surface area contributed by atoms with Crippen molar-refractivity contribution in [2.24, 2.45) is 5.92 Å². The molecule has 1 aromatic heterocycles. The van der Waals surface area contributed by atoms with Gasteiger partial charge in [-0.05, 0) is 45.4 Å². The molecular formula is C16H24N2O3. The first-order chi connectivity index (χ1) is 10.1. The minimum Gasteiger partial charge on any atom is -0.376 e. The van der Waals surface area contributed by atoms with Gasteiger partial charge in [-0.3, -0.25) is 4.79 Å². The van der Waals surface area contributed by atoms with E-state index >= 15 is 0 Å². The highest BCUT2D eigenvalue weighted by Crippen LogP contribution is 2.30. The summed E-state index contributed by atoms with van der Waals surface area (Å²) in [7, 11) is 0. The van der Waals surface area contributed by atoms with E-state index in [4.69, 9.17) is 9.26 Å². The van der Waals surface area contributed by atoms with Gasteiger partial charge in [-0.15, -0.1) is 0 Å². The number of rotatable bonds is 6. The molecule has 0 N–H and O–H groups in total. The zero-order valence-electron chi connectivity index (χ0n) is 12.9. The van der Waals surface area contributed by atoms with Crippen molar-refractivity contribution in [3.05, 3.63) is 17.0 Å². The topological polar surface area (TPSA) is 55.6 Å². The number of aromatic nitrogens is 1. The molecule has 0 spiro atoms. The summed E-state index contributed by atoms with van der Waals surface area (Å²) in [6.45, 7) is 6.29. The second-order valence-corrected chi connectivity index (χ2v) is 6.33. The maximum Gasteiger partial charge on any atom is 0.222 e. The average Bonchev–Trinajstić information content (AvgIpc) is 3.09. The van der Waals surface area contributed by atoms with Crippen molar-refractivity contribution < 1.29 is 14.1 Å². The van der Waals surface area contributed by atoms with Crippen LogP contribution in [0.2, 0.25) is 0 Å². The van der Waals surface area contributed by atoms with Crippen LogP contribution in [0, 0.1) is 19.8 Å². The highest BCUT2D eigenvalue weighted by Gasteiger charge is 2.29. The molecule has 1 aliphatic heterocycles. The average molecular weight is 292 g/mol. The summed E-state index contributed by atoms with van der Waals surface area (Å²) in [5.74, 6) is 1.83. The Morgan fingerprint density at radius 3 is 2.86 bits per heavy atom. The molecule has 0 aromatic carbocycles. The van der Waals surface area contributed by atoms with Crippen molar-refractivity contribution in [1.82, 2.24) is 10.1 Å². The van der Waals surface area contributed by atoms with Gasteiger partial charge in [0.25, 0.3) is 0 Å². The second-order valence-electron chi connectivity index (χ2n) is 6.33. The van der Waals surface area contributed by atoms with Gasteiger partial charge >= 0.3 is 0 Å². The number of hydrogen-bond donors (Lipinski definition) is 0. The Balaban J connectivity index is 1.43. The third-order valence-electron chi connectivity index (χ3n) is 4.53. The van der Waals surface area contributed by atoms with Crippen molar-refractivity contribution >= 4 is 5.91 Å². The van der Waals surface area contributed by atoms with Gasteiger partial charge < -0.3 is 14.2 Å². The molecule has 1 saturated carbocycles. The smallest absolute Gasteiger partial charge is 0.222 e. The molecular weight excluding hydrogens is 268 g/mol. The molecule has 21 heavy (non-hydrogen) atoms. The molecule has 2 heterocycles. The fraction of sp³-hybridized carbons (Fsp3) is 0.750. The maximum absolute atomic E-state index is 12.3. The largest absolute Gasteiger partial charge is 0.376 e. The molecule has 1 saturated heterocycles. The molecule has 1 unspecified atom stereocenters. The lowest BCUT2D eigenvalue weighted by Gasteiger charge is -2.16. The van der Waals surface area contributed by atoms with E-state index in [1.54, 1.807) is 0 Å². The van der Waals surface area contributed by atoms with Crippen LogP contribution in [-0.2, 0) is 16.0 Å². The third-order valence-corrected chi connectivity index (χ3v) is 4.53. The van der Waals surface area contributed by atoms with Crippen LogP contribution in [-0.4, -0.2) is 41.8 Å². The van der Waals surface area contributed by atoms with Gasteiger partial charge in [0.1, 0.15) is 5.76 Å². The Kier molecular flexibility index (Phi) is 4.29. The Bertz CT molecular complexity index is 488. The standard InChI is InChI=1S/C16H24N2O3/c1-11-15(12(2)21-17-11)5-6-16(19)18-8-7-14(9-18)20-10-13-3-4-13/h13-14H,3-10H2,1-2H3. The second kappa shape index (κ2) is 6.18. The summed E-state index contributed by atoms with van der Waals surface area (Å²) in [6, 6.07) is 0. The Labute approximate surface area is 125 Å². The number of nitrogens with zero attached hydrogens (tertiary/aromatic N) is 2. The number of likely N-dealkylation sites (tertiary alicyclic amines) is 1. The van der Waals surface area contributed by atoms with Crippen LogP contribution in [0.1, 0.15) is 42.7 Å². The number of ether oxygens (including phenoxy) is 1. The predicted octanol–water partition coefficient (Wildman–Crippen LogP) is 2.25. The Hall–Kier alpha value is -1.36. The van der Waals surface area contributed by atoms with Crippen molar-refractivity contribution in [1.29, 1.82) is 0 Å². The van der Waals surface area contributed by atoms with Crippen LogP contribution < -0.4 is 0 Å². The van der Waals surface area contributed by atoms with E-state index in [2.05, 4.69) is 5.16 Å². The number of aryl methyl sites for hydroxylation is 2. The minimum absolute atomic E-state index is 0.215. The first kappa shape index (κ1) is 14.6. The minimum atomic E-state index is 0.215. The number of carbonyl (C=O) groups is 1. The van der Waals surface area contributed by atoms with Crippen molar-refractivity contribution in [3.63, 3.8) is 0 Å². The van der Waals surface area contributed by atoms with E-state index in [0.717, 1.165) is 49.1 Å². The molecule has 0 bridgehead atoms. The monoisotopic (exact) mass is 292 g/mol. The molecule has 2 fully saturated rings.